The number of halogens is 2. The van der Waals surface area contributed by atoms with E-state index in [4.69, 9.17) is 9.72 Å². The molecule has 0 aliphatic carbocycles. The molecule has 0 radical (unpaired) electrons. The van der Waals surface area contributed by atoms with E-state index in [1.54, 1.807) is 0 Å². The standard InChI is InChI=1S/C22H21FN6O2.ClH/c1-28-19-7-9-24-8-6-17(19)18-4-5-20(27-22(18)28)29-21(30)10-16(12-26-29)31-13-15-3-2-14(23)11-25-15;/h2-5,10-12,24H,6-9,13H2,1H3;1H. The van der Waals surface area contributed by atoms with Gasteiger partial charge in [0.1, 0.15) is 23.8 Å². The topological polar surface area (TPSA) is 86.9 Å². The molecule has 1 aliphatic heterocycles. The van der Waals surface area contributed by atoms with Crippen LogP contribution in [0.3, 0.4) is 0 Å². The van der Waals surface area contributed by atoms with Crippen molar-refractivity contribution in [3.8, 4) is 11.6 Å². The van der Waals surface area contributed by atoms with E-state index in [0.29, 0.717) is 17.3 Å². The number of fused-ring (bicyclic) bond motifs is 3. The Hall–Kier alpha value is -3.30. The van der Waals surface area contributed by atoms with Crippen LogP contribution < -0.4 is 15.6 Å². The lowest BCUT2D eigenvalue weighted by Gasteiger charge is -2.08. The highest BCUT2D eigenvalue weighted by Crippen LogP contribution is 2.26. The summed E-state index contributed by atoms with van der Waals surface area (Å²) in [7, 11) is 2.01. The first-order valence-corrected chi connectivity index (χ1v) is 10.1. The van der Waals surface area contributed by atoms with E-state index >= 15 is 0 Å². The number of hydrogen-bond donors (Lipinski definition) is 1. The summed E-state index contributed by atoms with van der Waals surface area (Å²) in [6, 6.07) is 8.02. The fourth-order valence-corrected chi connectivity index (χ4v) is 3.97. The first-order valence-electron chi connectivity index (χ1n) is 10.1. The van der Waals surface area contributed by atoms with Gasteiger partial charge in [-0.3, -0.25) is 9.78 Å². The van der Waals surface area contributed by atoms with Gasteiger partial charge in [-0.15, -0.1) is 12.4 Å². The molecule has 5 heterocycles. The van der Waals surface area contributed by atoms with Crippen LogP contribution in [0.2, 0.25) is 0 Å². The molecule has 0 fully saturated rings. The lowest BCUT2D eigenvalue weighted by molar-refractivity contribution is 0.298. The summed E-state index contributed by atoms with van der Waals surface area (Å²) in [5.74, 6) is 0.355. The summed E-state index contributed by atoms with van der Waals surface area (Å²) in [5, 5.41) is 8.76. The first-order chi connectivity index (χ1) is 15.1. The minimum absolute atomic E-state index is 0. The quantitative estimate of drug-likeness (QED) is 0.507. The molecule has 0 spiro atoms. The monoisotopic (exact) mass is 456 g/mol. The maximum Gasteiger partial charge on any atom is 0.276 e. The SMILES string of the molecule is Cl.Cn1c2c(c3ccc(-n4ncc(OCc5ccc(F)cn5)cc4=O)nc31)CCNCC2. The van der Waals surface area contributed by atoms with Crippen molar-refractivity contribution in [1.29, 1.82) is 0 Å². The van der Waals surface area contributed by atoms with Crippen LogP contribution in [0, 0.1) is 5.82 Å². The summed E-state index contributed by atoms with van der Waals surface area (Å²) in [6.07, 6.45) is 4.49. The molecule has 0 atom stereocenters. The Labute approximate surface area is 189 Å². The molecule has 0 bridgehead atoms. The molecule has 4 aromatic rings. The first kappa shape index (κ1) is 21.9. The summed E-state index contributed by atoms with van der Waals surface area (Å²) in [5.41, 5.74) is 3.65. The van der Waals surface area contributed by atoms with Crippen molar-refractivity contribution in [3.05, 3.63) is 75.8 Å². The minimum atomic E-state index is -0.413. The predicted molar refractivity (Wildman–Crippen MR) is 120 cm³/mol. The number of rotatable bonds is 4. The Kier molecular flexibility index (Phi) is 6.20. The third-order valence-electron chi connectivity index (χ3n) is 5.51. The van der Waals surface area contributed by atoms with Gasteiger partial charge in [-0.05, 0) is 42.8 Å². The summed E-state index contributed by atoms with van der Waals surface area (Å²) in [6.45, 7) is 2.00. The molecule has 166 valence electrons. The van der Waals surface area contributed by atoms with Crippen LogP contribution >= 0.6 is 12.4 Å². The molecule has 4 aromatic heterocycles. The van der Waals surface area contributed by atoms with Gasteiger partial charge in [0.05, 0.1) is 18.1 Å². The number of aromatic nitrogens is 5. The normalized spacial score (nSPS) is 13.3. The lowest BCUT2D eigenvalue weighted by atomic mass is 10.1. The molecule has 0 aromatic carbocycles. The van der Waals surface area contributed by atoms with Crippen molar-refractivity contribution < 1.29 is 9.13 Å². The highest BCUT2D eigenvalue weighted by molar-refractivity contribution is 5.85. The van der Waals surface area contributed by atoms with Crippen molar-refractivity contribution in [1.82, 2.24) is 29.6 Å². The molecule has 1 aliphatic rings. The second kappa shape index (κ2) is 9.05. The van der Waals surface area contributed by atoms with Crippen LogP contribution in [0.5, 0.6) is 5.75 Å². The number of nitrogens with zero attached hydrogens (tertiary/aromatic N) is 5. The predicted octanol–water partition coefficient (Wildman–Crippen LogP) is 2.34. The van der Waals surface area contributed by atoms with E-state index < -0.39 is 5.82 Å². The fraction of sp³-hybridized carbons (Fsp3) is 0.273. The van der Waals surface area contributed by atoms with Gasteiger partial charge < -0.3 is 14.6 Å². The molecule has 1 N–H and O–H groups in total. The molecule has 0 amide bonds. The Balaban J connectivity index is 0.00000245. The summed E-state index contributed by atoms with van der Waals surface area (Å²) >= 11 is 0. The van der Waals surface area contributed by atoms with Gasteiger partial charge >= 0.3 is 0 Å². The van der Waals surface area contributed by atoms with Crippen molar-refractivity contribution in [2.45, 2.75) is 19.4 Å². The summed E-state index contributed by atoms with van der Waals surface area (Å²) in [4.78, 5) is 21.3. The van der Waals surface area contributed by atoms with Crippen LogP contribution in [0.15, 0.2) is 47.5 Å². The van der Waals surface area contributed by atoms with Crippen LogP contribution in [0.4, 0.5) is 4.39 Å². The van der Waals surface area contributed by atoms with Gasteiger partial charge in [-0.25, -0.2) is 9.37 Å². The molecule has 10 heteroatoms. The van der Waals surface area contributed by atoms with E-state index in [1.807, 2.05) is 19.2 Å². The van der Waals surface area contributed by atoms with Crippen LogP contribution in [-0.2, 0) is 26.5 Å². The van der Waals surface area contributed by atoms with Gasteiger partial charge in [0.2, 0.25) is 0 Å². The molecule has 0 saturated carbocycles. The van der Waals surface area contributed by atoms with E-state index in [9.17, 15) is 9.18 Å². The van der Waals surface area contributed by atoms with Gasteiger partial charge in [0.25, 0.3) is 5.56 Å². The van der Waals surface area contributed by atoms with E-state index in [2.05, 4.69) is 20.0 Å². The second-order valence-corrected chi connectivity index (χ2v) is 7.47. The largest absolute Gasteiger partial charge is 0.485 e. The third-order valence-corrected chi connectivity index (χ3v) is 5.51. The van der Waals surface area contributed by atoms with Crippen LogP contribution in [-0.4, -0.2) is 37.4 Å². The number of aryl methyl sites for hydroxylation is 1. The molecule has 32 heavy (non-hydrogen) atoms. The minimum Gasteiger partial charge on any atom is -0.485 e. The molecular weight excluding hydrogens is 435 g/mol. The maximum absolute atomic E-state index is 12.9. The molecule has 0 saturated heterocycles. The maximum atomic E-state index is 12.9. The zero-order valence-electron chi connectivity index (χ0n) is 17.4. The van der Waals surface area contributed by atoms with E-state index in [-0.39, 0.29) is 24.6 Å². The Morgan fingerprint density at radius 1 is 1.16 bits per heavy atom. The molecule has 8 nitrogen and oxygen atoms in total. The van der Waals surface area contributed by atoms with Crippen LogP contribution in [0.1, 0.15) is 17.0 Å². The van der Waals surface area contributed by atoms with Crippen molar-refractivity contribution >= 4 is 23.4 Å². The van der Waals surface area contributed by atoms with Gasteiger partial charge in [0.15, 0.2) is 5.82 Å². The average Bonchev–Trinajstić information content (AvgIpc) is 2.93. The van der Waals surface area contributed by atoms with Gasteiger partial charge in [0, 0.05) is 37.2 Å². The highest BCUT2D eigenvalue weighted by atomic mass is 35.5. The third kappa shape index (κ3) is 4.09. The van der Waals surface area contributed by atoms with E-state index in [1.165, 1.54) is 40.3 Å². The Morgan fingerprint density at radius 3 is 2.78 bits per heavy atom. The number of nitrogens with one attached hydrogen (secondary N) is 1. The lowest BCUT2D eigenvalue weighted by Crippen LogP contribution is -2.21. The Morgan fingerprint density at radius 2 is 2.00 bits per heavy atom. The van der Waals surface area contributed by atoms with Crippen molar-refractivity contribution in [2.75, 3.05) is 13.1 Å². The molecular formula is C22H22ClFN6O2. The van der Waals surface area contributed by atoms with Crippen LogP contribution in [0.25, 0.3) is 16.9 Å². The Bertz CT molecular complexity index is 1320. The number of pyridine rings is 2. The molecule has 0 unspecified atom stereocenters. The smallest absolute Gasteiger partial charge is 0.276 e. The number of ether oxygens (including phenoxy) is 1. The van der Waals surface area contributed by atoms with Crippen molar-refractivity contribution in [2.24, 2.45) is 7.05 Å². The fourth-order valence-electron chi connectivity index (χ4n) is 3.97. The number of hydrogen-bond acceptors (Lipinski definition) is 6. The zero-order valence-corrected chi connectivity index (χ0v) is 18.2. The zero-order chi connectivity index (χ0) is 21.4. The summed E-state index contributed by atoms with van der Waals surface area (Å²) < 4.78 is 21.9. The second-order valence-electron chi connectivity index (χ2n) is 7.47. The highest BCUT2D eigenvalue weighted by Gasteiger charge is 2.18. The average molecular weight is 457 g/mol. The van der Waals surface area contributed by atoms with Gasteiger partial charge in [-0.2, -0.15) is 9.78 Å². The van der Waals surface area contributed by atoms with E-state index in [0.717, 1.165) is 43.2 Å². The van der Waals surface area contributed by atoms with Gasteiger partial charge in [-0.1, -0.05) is 0 Å². The molecule has 5 rings (SSSR count). The van der Waals surface area contributed by atoms with Crippen molar-refractivity contribution in [3.63, 3.8) is 0 Å².